The molecule has 1 heterocycles. The van der Waals surface area contributed by atoms with Gasteiger partial charge in [0, 0.05) is 20.0 Å². The molecule has 0 radical (unpaired) electrons. The summed E-state index contributed by atoms with van der Waals surface area (Å²) in [6, 6.07) is -0.343. The molecule has 1 saturated heterocycles. The van der Waals surface area contributed by atoms with E-state index in [4.69, 9.17) is 0 Å². The zero-order valence-corrected chi connectivity index (χ0v) is 11.7. The zero-order valence-electron chi connectivity index (χ0n) is 11.7. The summed E-state index contributed by atoms with van der Waals surface area (Å²) in [5.74, 6) is -0.166. The first-order chi connectivity index (χ1) is 9.02. The van der Waals surface area contributed by atoms with Crippen LogP contribution >= 0.6 is 0 Å². The van der Waals surface area contributed by atoms with Crippen LogP contribution in [0.4, 0.5) is 0 Å². The summed E-state index contributed by atoms with van der Waals surface area (Å²) in [6.07, 6.45) is 6.33. The highest BCUT2D eigenvalue weighted by molar-refractivity contribution is 5.87. The molecule has 0 spiro atoms. The van der Waals surface area contributed by atoms with E-state index in [2.05, 4.69) is 5.32 Å². The van der Waals surface area contributed by atoms with Gasteiger partial charge in [-0.25, -0.2) is 0 Å². The first-order valence-electron chi connectivity index (χ1n) is 7.29. The molecule has 2 aliphatic rings. The molecular formula is C14H24N2O3. The van der Waals surface area contributed by atoms with Crippen molar-refractivity contribution in [1.82, 2.24) is 10.2 Å². The number of likely N-dealkylation sites (tertiary alicyclic amines) is 1. The number of aliphatic hydroxyl groups is 1. The van der Waals surface area contributed by atoms with Gasteiger partial charge in [-0.2, -0.15) is 0 Å². The first kappa shape index (κ1) is 14.3. The minimum atomic E-state index is -0.742. The van der Waals surface area contributed by atoms with Crippen LogP contribution < -0.4 is 5.32 Å². The number of nitrogens with zero attached hydrogens (tertiary/aromatic N) is 1. The largest absolute Gasteiger partial charge is 0.388 e. The molecule has 5 heteroatoms. The molecule has 2 N–H and O–H groups in total. The Morgan fingerprint density at radius 1 is 1.26 bits per heavy atom. The molecule has 2 fully saturated rings. The summed E-state index contributed by atoms with van der Waals surface area (Å²) in [6.45, 7) is 2.48. The molecule has 2 rings (SSSR count). The van der Waals surface area contributed by atoms with Crippen LogP contribution in [0, 0.1) is 0 Å². The van der Waals surface area contributed by atoms with Gasteiger partial charge in [0.25, 0.3) is 0 Å². The Labute approximate surface area is 114 Å². The molecule has 0 aromatic rings. The standard InChI is InChI=1S/C14H24N2O3/c1-11(17)16-9-5-6-12(16)13(18)15-10-14(19)7-3-2-4-8-14/h12,19H,2-10H2,1H3,(H,15,18). The van der Waals surface area contributed by atoms with Crippen LogP contribution in [0.1, 0.15) is 51.9 Å². The van der Waals surface area contributed by atoms with Gasteiger partial charge >= 0.3 is 0 Å². The maximum Gasteiger partial charge on any atom is 0.242 e. The van der Waals surface area contributed by atoms with E-state index in [9.17, 15) is 14.7 Å². The van der Waals surface area contributed by atoms with Crippen LogP contribution in [0.3, 0.4) is 0 Å². The summed E-state index contributed by atoms with van der Waals surface area (Å²) in [7, 11) is 0. The highest BCUT2D eigenvalue weighted by Crippen LogP contribution is 2.27. The van der Waals surface area contributed by atoms with Gasteiger partial charge in [-0.15, -0.1) is 0 Å². The molecular weight excluding hydrogens is 244 g/mol. The third-order valence-corrected chi connectivity index (χ3v) is 4.34. The van der Waals surface area contributed by atoms with Gasteiger partial charge in [-0.05, 0) is 25.7 Å². The van der Waals surface area contributed by atoms with E-state index in [-0.39, 0.29) is 17.9 Å². The lowest BCUT2D eigenvalue weighted by Gasteiger charge is -2.33. The van der Waals surface area contributed by atoms with Crippen LogP contribution in [0.2, 0.25) is 0 Å². The van der Waals surface area contributed by atoms with E-state index >= 15 is 0 Å². The van der Waals surface area contributed by atoms with Gasteiger partial charge in [0.2, 0.25) is 11.8 Å². The van der Waals surface area contributed by atoms with Crippen LogP contribution in [0.25, 0.3) is 0 Å². The molecule has 108 valence electrons. The van der Waals surface area contributed by atoms with Gasteiger partial charge in [0.05, 0.1) is 5.60 Å². The highest BCUT2D eigenvalue weighted by atomic mass is 16.3. The molecule has 2 amide bonds. The molecule has 0 aromatic heterocycles. The average Bonchev–Trinajstić information content (AvgIpc) is 2.86. The minimum Gasteiger partial charge on any atom is -0.388 e. The van der Waals surface area contributed by atoms with Crippen LogP contribution in [0.15, 0.2) is 0 Å². The lowest BCUT2D eigenvalue weighted by atomic mass is 9.85. The number of hydrogen-bond acceptors (Lipinski definition) is 3. The Morgan fingerprint density at radius 3 is 2.58 bits per heavy atom. The fourth-order valence-corrected chi connectivity index (χ4v) is 3.17. The second kappa shape index (κ2) is 5.90. The van der Waals surface area contributed by atoms with Crippen LogP contribution in [-0.4, -0.2) is 46.6 Å². The fraction of sp³-hybridized carbons (Fsp3) is 0.857. The first-order valence-corrected chi connectivity index (χ1v) is 7.29. The Balaban J connectivity index is 1.85. The number of nitrogens with one attached hydrogen (secondary N) is 1. The third-order valence-electron chi connectivity index (χ3n) is 4.34. The van der Waals surface area contributed by atoms with Crippen molar-refractivity contribution in [3.05, 3.63) is 0 Å². The van der Waals surface area contributed by atoms with Crippen molar-refractivity contribution in [2.24, 2.45) is 0 Å². The Morgan fingerprint density at radius 2 is 1.95 bits per heavy atom. The predicted octanol–water partition coefficient (Wildman–Crippen LogP) is 0.809. The molecule has 5 nitrogen and oxygen atoms in total. The molecule has 1 aliphatic carbocycles. The van der Waals surface area contributed by atoms with Crippen molar-refractivity contribution in [2.75, 3.05) is 13.1 Å². The van der Waals surface area contributed by atoms with Crippen LogP contribution in [-0.2, 0) is 9.59 Å². The van der Waals surface area contributed by atoms with E-state index in [1.807, 2.05) is 0 Å². The van der Waals surface area contributed by atoms with Gasteiger partial charge in [0.15, 0.2) is 0 Å². The monoisotopic (exact) mass is 268 g/mol. The number of carbonyl (C=O) groups is 2. The van der Waals surface area contributed by atoms with Crippen LogP contribution in [0.5, 0.6) is 0 Å². The maximum absolute atomic E-state index is 12.1. The normalized spacial score (nSPS) is 26.2. The summed E-state index contributed by atoms with van der Waals surface area (Å²) < 4.78 is 0. The van der Waals surface area contributed by atoms with E-state index in [0.29, 0.717) is 13.1 Å². The van der Waals surface area contributed by atoms with Gasteiger partial charge in [0.1, 0.15) is 6.04 Å². The second-order valence-corrected chi connectivity index (χ2v) is 5.87. The number of rotatable bonds is 3. The quantitative estimate of drug-likeness (QED) is 0.796. The van der Waals surface area contributed by atoms with E-state index < -0.39 is 5.60 Å². The number of amides is 2. The number of hydrogen-bond donors (Lipinski definition) is 2. The summed E-state index contributed by atoms with van der Waals surface area (Å²) in [5, 5.41) is 13.2. The second-order valence-electron chi connectivity index (χ2n) is 5.87. The molecule has 0 bridgehead atoms. The van der Waals surface area contributed by atoms with Gasteiger partial charge < -0.3 is 15.3 Å². The van der Waals surface area contributed by atoms with Crippen molar-refractivity contribution in [2.45, 2.75) is 63.5 Å². The van der Waals surface area contributed by atoms with Crippen molar-refractivity contribution in [3.8, 4) is 0 Å². The van der Waals surface area contributed by atoms with Gasteiger partial charge in [-0.3, -0.25) is 9.59 Å². The predicted molar refractivity (Wildman–Crippen MR) is 71.5 cm³/mol. The van der Waals surface area contributed by atoms with Gasteiger partial charge in [-0.1, -0.05) is 19.3 Å². The molecule has 1 saturated carbocycles. The maximum atomic E-state index is 12.1. The summed E-state index contributed by atoms with van der Waals surface area (Å²) in [4.78, 5) is 25.2. The lowest BCUT2D eigenvalue weighted by Crippen LogP contribution is -2.50. The molecule has 19 heavy (non-hydrogen) atoms. The topological polar surface area (TPSA) is 69.6 Å². The summed E-state index contributed by atoms with van der Waals surface area (Å²) >= 11 is 0. The Hall–Kier alpha value is -1.10. The van der Waals surface area contributed by atoms with Crippen molar-refractivity contribution >= 4 is 11.8 Å². The SMILES string of the molecule is CC(=O)N1CCCC1C(=O)NCC1(O)CCCCC1. The third kappa shape index (κ3) is 3.47. The highest BCUT2D eigenvalue weighted by Gasteiger charge is 2.34. The smallest absolute Gasteiger partial charge is 0.242 e. The number of carbonyl (C=O) groups excluding carboxylic acids is 2. The van der Waals surface area contributed by atoms with Crippen molar-refractivity contribution < 1.29 is 14.7 Å². The molecule has 0 aromatic carbocycles. The van der Waals surface area contributed by atoms with E-state index in [1.165, 1.54) is 6.92 Å². The molecule has 1 atom stereocenters. The zero-order chi connectivity index (χ0) is 13.9. The summed E-state index contributed by atoms with van der Waals surface area (Å²) in [5.41, 5.74) is -0.742. The Bertz CT molecular complexity index is 351. The molecule has 1 aliphatic heterocycles. The minimum absolute atomic E-state index is 0.0472. The van der Waals surface area contributed by atoms with Crippen molar-refractivity contribution in [3.63, 3.8) is 0 Å². The lowest BCUT2D eigenvalue weighted by molar-refractivity contribution is -0.137. The average molecular weight is 268 g/mol. The fourth-order valence-electron chi connectivity index (χ4n) is 3.17. The van der Waals surface area contributed by atoms with E-state index in [1.54, 1.807) is 4.90 Å². The van der Waals surface area contributed by atoms with Crippen molar-refractivity contribution in [1.29, 1.82) is 0 Å². The molecule has 1 unspecified atom stereocenters. The van der Waals surface area contributed by atoms with E-state index in [0.717, 1.165) is 44.9 Å². The Kier molecular flexibility index (Phi) is 4.45.